The van der Waals surface area contributed by atoms with Crippen LogP contribution in [0.15, 0.2) is 0 Å². The highest BCUT2D eigenvalue weighted by Crippen LogP contribution is 2.21. The van der Waals surface area contributed by atoms with Crippen LogP contribution in [0, 0.1) is 5.92 Å². The fourth-order valence-electron chi connectivity index (χ4n) is 2.64. The number of amides is 1. The topological polar surface area (TPSA) is 91.5 Å². The van der Waals surface area contributed by atoms with Crippen LogP contribution in [0.5, 0.6) is 0 Å². The maximum Gasteiger partial charge on any atom is 0.229 e. The van der Waals surface area contributed by atoms with Crippen molar-refractivity contribution < 1.29 is 4.79 Å². The lowest BCUT2D eigenvalue weighted by atomic mass is 10.1. The minimum absolute atomic E-state index is 0.0373. The van der Waals surface area contributed by atoms with E-state index in [4.69, 9.17) is 5.73 Å². The summed E-state index contributed by atoms with van der Waals surface area (Å²) in [6, 6.07) is 0.0373. The molecule has 1 amide bonds. The summed E-state index contributed by atoms with van der Waals surface area (Å²) in [6.07, 6.45) is 0. The highest BCUT2D eigenvalue weighted by molar-refractivity contribution is 5.78. The lowest BCUT2D eigenvalue weighted by Crippen LogP contribution is -2.50. The standard InChI is InChI=1S/C15H27N7O/c1-10(2)13(23)22-8-6-21(7-9-22)11(3)12-17-14(16)19-15(18-12)20(4)5/h10-11H,6-9H2,1-5H3,(H2,16,17,18,19)/t11-/m1/s1. The Hall–Kier alpha value is -1.96. The molecule has 128 valence electrons. The molecule has 1 saturated heterocycles. The molecule has 0 saturated carbocycles. The molecule has 8 heteroatoms. The Labute approximate surface area is 137 Å². The first-order valence-corrected chi connectivity index (χ1v) is 8.01. The average Bonchev–Trinajstić information content (AvgIpc) is 2.52. The van der Waals surface area contributed by atoms with E-state index in [1.54, 1.807) is 0 Å². The van der Waals surface area contributed by atoms with Gasteiger partial charge in [-0.3, -0.25) is 9.69 Å². The van der Waals surface area contributed by atoms with E-state index < -0.39 is 0 Å². The highest BCUT2D eigenvalue weighted by atomic mass is 16.2. The molecular weight excluding hydrogens is 294 g/mol. The number of nitrogens with two attached hydrogens (primary N) is 1. The van der Waals surface area contributed by atoms with Crippen molar-refractivity contribution in [3.63, 3.8) is 0 Å². The molecule has 0 aliphatic carbocycles. The van der Waals surface area contributed by atoms with Crippen LogP contribution >= 0.6 is 0 Å². The molecule has 1 fully saturated rings. The van der Waals surface area contributed by atoms with E-state index in [1.807, 2.05) is 37.7 Å². The van der Waals surface area contributed by atoms with E-state index in [-0.39, 0.29) is 23.8 Å². The maximum absolute atomic E-state index is 12.1. The minimum atomic E-state index is 0.0373. The molecule has 2 N–H and O–H groups in total. The van der Waals surface area contributed by atoms with E-state index in [2.05, 4.69) is 26.8 Å². The molecule has 2 heterocycles. The van der Waals surface area contributed by atoms with Gasteiger partial charge in [0.05, 0.1) is 6.04 Å². The second-order valence-electron chi connectivity index (χ2n) is 6.44. The van der Waals surface area contributed by atoms with Gasteiger partial charge in [0, 0.05) is 46.2 Å². The molecule has 1 aromatic heterocycles. The maximum atomic E-state index is 12.1. The molecule has 0 spiro atoms. The van der Waals surface area contributed by atoms with Crippen molar-refractivity contribution in [3.05, 3.63) is 5.82 Å². The first kappa shape index (κ1) is 17.4. The molecule has 1 aliphatic rings. The summed E-state index contributed by atoms with van der Waals surface area (Å²) >= 11 is 0. The summed E-state index contributed by atoms with van der Waals surface area (Å²) < 4.78 is 0. The van der Waals surface area contributed by atoms with Gasteiger partial charge in [-0.05, 0) is 6.92 Å². The van der Waals surface area contributed by atoms with Crippen LogP contribution in [0.2, 0.25) is 0 Å². The molecule has 0 bridgehead atoms. The second-order valence-corrected chi connectivity index (χ2v) is 6.44. The van der Waals surface area contributed by atoms with E-state index in [9.17, 15) is 4.79 Å². The molecule has 23 heavy (non-hydrogen) atoms. The van der Waals surface area contributed by atoms with Gasteiger partial charge < -0.3 is 15.5 Å². The van der Waals surface area contributed by atoms with Crippen molar-refractivity contribution in [1.82, 2.24) is 24.8 Å². The SMILES string of the molecule is CC(C)C(=O)N1CCN([C@H](C)c2nc(N)nc(N(C)C)n2)CC1. The zero-order valence-electron chi connectivity index (χ0n) is 14.7. The van der Waals surface area contributed by atoms with Gasteiger partial charge in [-0.1, -0.05) is 13.8 Å². The first-order chi connectivity index (χ1) is 10.8. The number of carbonyl (C=O) groups excluding carboxylic acids is 1. The van der Waals surface area contributed by atoms with Gasteiger partial charge in [0.25, 0.3) is 0 Å². The van der Waals surface area contributed by atoms with E-state index in [1.165, 1.54) is 0 Å². The predicted octanol–water partition coefficient (Wildman–Crippen LogP) is 0.381. The summed E-state index contributed by atoms with van der Waals surface area (Å²) in [5.41, 5.74) is 5.80. The number of hydrogen-bond donors (Lipinski definition) is 1. The third-order valence-electron chi connectivity index (χ3n) is 4.10. The normalized spacial score (nSPS) is 17.4. The fraction of sp³-hybridized carbons (Fsp3) is 0.733. The van der Waals surface area contributed by atoms with Crippen LogP contribution in [0.1, 0.15) is 32.6 Å². The number of piperazine rings is 1. The van der Waals surface area contributed by atoms with Crippen LogP contribution in [0.3, 0.4) is 0 Å². The molecule has 0 radical (unpaired) electrons. The molecule has 0 aromatic carbocycles. The minimum Gasteiger partial charge on any atom is -0.368 e. The lowest BCUT2D eigenvalue weighted by molar-refractivity contribution is -0.136. The van der Waals surface area contributed by atoms with Crippen LogP contribution in [-0.2, 0) is 4.79 Å². The summed E-state index contributed by atoms with van der Waals surface area (Å²) in [4.78, 5) is 31.0. The van der Waals surface area contributed by atoms with Gasteiger partial charge in [-0.15, -0.1) is 0 Å². The third-order valence-corrected chi connectivity index (χ3v) is 4.10. The quantitative estimate of drug-likeness (QED) is 0.857. The van der Waals surface area contributed by atoms with Gasteiger partial charge >= 0.3 is 0 Å². The number of carbonyl (C=O) groups is 1. The number of nitrogen functional groups attached to an aromatic ring is 1. The zero-order valence-corrected chi connectivity index (χ0v) is 14.7. The molecule has 8 nitrogen and oxygen atoms in total. The van der Waals surface area contributed by atoms with E-state index >= 15 is 0 Å². The van der Waals surface area contributed by atoms with Gasteiger partial charge in [0.1, 0.15) is 0 Å². The molecule has 1 aromatic rings. The largest absolute Gasteiger partial charge is 0.368 e. The zero-order chi connectivity index (χ0) is 17.1. The number of aromatic nitrogens is 3. The van der Waals surface area contributed by atoms with E-state index in [0.29, 0.717) is 11.8 Å². The van der Waals surface area contributed by atoms with Crippen LogP contribution in [0.4, 0.5) is 11.9 Å². The summed E-state index contributed by atoms with van der Waals surface area (Å²) in [7, 11) is 3.75. The Bertz CT molecular complexity index is 553. The molecule has 0 unspecified atom stereocenters. The third kappa shape index (κ3) is 4.07. The monoisotopic (exact) mass is 321 g/mol. The molecule has 2 rings (SSSR count). The Morgan fingerprint density at radius 3 is 2.22 bits per heavy atom. The van der Waals surface area contributed by atoms with E-state index in [0.717, 1.165) is 26.2 Å². The molecule has 1 aliphatic heterocycles. The lowest BCUT2D eigenvalue weighted by Gasteiger charge is -2.38. The van der Waals surface area contributed by atoms with Crippen molar-refractivity contribution in [2.75, 3.05) is 50.9 Å². The van der Waals surface area contributed by atoms with Gasteiger partial charge in [-0.25, -0.2) is 0 Å². The Morgan fingerprint density at radius 2 is 1.70 bits per heavy atom. The van der Waals surface area contributed by atoms with Crippen LogP contribution in [-0.4, -0.2) is 70.9 Å². The molecular formula is C15H27N7O. The van der Waals surface area contributed by atoms with Crippen molar-refractivity contribution in [3.8, 4) is 0 Å². The van der Waals surface area contributed by atoms with Crippen molar-refractivity contribution in [2.24, 2.45) is 5.92 Å². The van der Waals surface area contributed by atoms with Crippen molar-refractivity contribution in [1.29, 1.82) is 0 Å². The fourth-order valence-corrected chi connectivity index (χ4v) is 2.64. The predicted molar refractivity (Wildman–Crippen MR) is 90.0 cm³/mol. The Morgan fingerprint density at radius 1 is 1.09 bits per heavy atom. The van der Waals surface area contributed by atoms with Crippen molar-refractivity contribution >= 4 is 17.8 Å². The number of anilines is 2. The summed E-state index contributed by atoms with van der Waals surface area (Å²) in [5, 5.41) is 0. The number of rotatable bonds is 4. The van der Waals surface area contributed by atoms with Crippen LogP contribution in [0.25, 0.3) is 0 Å². The summed E-state index contributed by atoms with van der Waals surface area (Å²) in [5.74, 6) is 1.73. The van der Waals surface area contributed by atoms with Crippen LogP contribution < -0.4 is 10.6 Å². The smallest absolute Gasteiger partial charge is 0.229 e. The highest BCUT2D eigenvalue weighted by Gasteiger charge is 2.27. The van der Waals surface area contributed by atoms with Gasteiger partial charge in [-0.2, -0.15) is 15.0 Å². The van der Waals surface area contributed by atoms with Crippen molar-refractivity contribution in [2.45, 2.75) is 26.8 Å². The van der Waals surface area contributed by atoms with Gasteiger partial charge in [0.2, 0.25) is 17.8 Å². The Balaban J connectivity index is 2.05. The number of hydrogen-bond acceptors (Lipinski definition) is 7. The second kappa shape index (κ2) is 7.08. The number of nitrogens with zero attached hydrogens (tertiary/aromatic N) is 6. The average molecular weight is 321 g/mol. The van der Waals surface area contributed by atoms with Gasteiger partial charge in [0.15, 0.2) is 5.82 Å². The summed E-state index contributed by atoms with van der Waals surface area (Å²) in [6.45, 7) is 9.03. The first-order valence-electron chi connectivity index (χ1n) is 8.01. The molecule has 1 atom stereocenters. The Kier molecular flexibility index (Phi) is 5.35.